The molecule has 47 heavy (non-hydrogen) atoms. The molecule has 0 rings (SSSR count). The van der Waals surface area contributed by atoms with Crippen molar-refractivity contribution < 1.29 is 38.2 Å². The van der Waals surface area contributed by atoms with Gasteiger partial charge in [-0.3, -0.25) is 9.59 Å². The van der Waals surface area contributed by atoms with Gasteiger partial charge in [-0.25, -0.2) is 0 Å². The zero-order chi connectivity index (χ0) is 35.0. The van der Waals surface area contributed by atoms with Crippen molar-refractivity contribution in [3.63, 3.8) is 0 Å². The fourth-order valence-electron chi connectivity index (χ4n) is 5.36. The molecule has 0 aliphatic carbocycles. The van der Waals surface area contributed by atoms with Crippen molar-refractivity contribution in [2.45, 2.75) is 167 Å². The number of likely N-dealkylation sites (N-methyl/N-ethyl adjacent to an activating group) is 1. The molecule has 0 saturated carbocycles. The first-order chi connectivity index (χ1) is 22.6. The van der Waals surface area contributed by atoms with Crippen molar-refractivity contribution >= 4 is 17.9 Å². The van der Waals surface area contributed by atoms with E-state index in [1.54, 1.807) is 21.1 Å². The van der Waals surface area contributed by atoms with Gasteiger partial charge in [0.05, 0.1) is 40.3 Å². The number of ether oxygens (including phenoxy) is 3. The maximum atomic E-state index is 12.6. The summed E-state index contributed by atoms with van der Waals surface area (Å²) in [6.45, 7) is 4.56. The number of aliphatic carboxylic acids is 1. The van der Waals surface area contributed by atoms with E-state index in [1.165, 1.54) is 83.5 Å². The van der Waals surface area contributed by atoms with Gasteiger partial charge in [0.2, 0.25) is 0 Å². The van der Waals surface area contributed by atoms with Crippen LogP contribution < -0.4 is 5.11 Å². The lowest BCUT2D eigenvalue weighted by Crippen LogP contribution is -2.55. The zero-order valence-corrected chi connectivity index (χ0v) is 30.9. The predicted molar refractivity (Wildman–Crippen MR) is 190 cm³/mol. The van der Waals surface area contributed by atoms with Gasteiger partial charge in [-0.2, -0.15) is 0 Å². The van der Waals surface area contributed by atoms with Gasteiger partial charge in [0.15, 0.2) is 6.10 Å². The number of esters is 2. The third kappa shape index (κ3) is 29.7. The molecule has 0 bridgehead atoms. The molecular weight excluding hydrogens is 594 g/mol. The van der Waals surface area contributed by atoms with E-state index in [9.17, 15) is 19.5 Å². The van der Waals surface area contributed by atoms with Crippen LogP contribution in [-0.2, 0) is 28.6 Å². The first-order valence-corrected chi connectivity index (χ1v) is 18.9. The number of rotatable bonds is 33. The largest absolute Gasteiger partial charge is 0.544 e. The molecule has 0 aromatic heterocycles. The molecule has 0 saturated heterocycles. The molecule has 0 aromatic rings. The van der Waals surface area contributed by atoms with Crippen molar-refractivity contribution in [1.82, 2.24) is 0 Å². The minimum atomic E-state index is -1.13. The fraction of sp³-hybridized carbons (Fsp3) is 0.821. The van der Waals surface area contributed by atoms with Gasteiger partial charge in [0, 0.05) is 19.3 Å². The van der Waals surface area contributed by atoms with E-state index in [-0.39, 0.29) is 49.1 Å². The molecule has 0 amide bonds. The number of hydrogen-bond acceptors (Lipinski definition) is 7. The fourth-order valence-corrected chi connectivity index (χ4v) is 5.36. The van der Waals surface area contributed by atoms with Gasteiger partial charge in [0.1, 0.15) is 12.6 Å². The molecular formula is C39H71NO7. The highest BCUT2D eigenvalue weighted by Gasteiger charge is 2.25. The van der Waals surface area contributed by atoms with Crippen LogP contribution in [0, 0.1) is 0 Å². The quantitative estimate of drug-likeness (QED) is 0.0303. The molecule has 274 valence electrons. The van der Waals surface area contributed by atoms with Crippen LogP contribution in [0.5, 0.6) is 0 Å². The first-order valence-electron chi connectivity index (χ1n) is 18.9. The summed E-state index contributed by atoms with van der Waals surface area (Å²) in [5.41, 5.74) is 0. The summed E-state index contributed by atoms with van der Waals surface area (Å²) in [6.07, 6.45) is 30.7. The van der Waals surface area contributed by atoms with Crippen LogP contribution in [0.1, 0.15) is 155 Å². The molecule has 8 nitrogen and oxygen atoms in total. The number of carboxylic acids is 1. The average Bonchev–Trinajstić information content (AvgIpc) is 3.01. The Hall–Kier alpha value is -2.19. The van der Waals surface area contributed by atoms with E-state index in [0.717, 1.165) is 32.1 Å². The number of allylic oxidation sites excluding steroid dienone is 4. The van der Waals surface area contributed by atoms with E-state index >= 15 is 0 Å². The number of unbranched alkanes of at least 4 members (excludes halogenated alkanes) is 15. The third-order valence-corrected chi connectivity index (χ3v) is 8.35. The van der Waals surface area contributed by atoms with E-state index < -0.39 is 18.1 Å². The number of carbonyl (C=O) groups excluding carboxylic acids is 3. The number of quaternary nitrogens is 1. The lowest BCUT2D eigenvalue weighted by Gasteiger charge is -2.34. The number of nitrogens with zero attached hydrogens (tertiary/aromatic N) is 1. The topological polar surface area (TPSA) is 102 Å². The first kappa shape index (κ1) is 44.8. The summed E-state index contributed by atoms with van der Waals surface area (Å²) < 4.78 is 17.0. The Morgan fingerprint density at radius 3 is 1.72 bits per heavy atom. The molecule has 2 unspecified atom stereocenters. The molecule has 0 aliphatic heterocycles. The summed E-state index contributed by atoms with van der Waals surface area (Å²) in [7, 11) is 5.38. The lowest BCUT2D eigenvalue weighted by molar-refractivity contribution is -0.889. The highest BCUT2D eigenvalue weighted by Crippen LogP contribution is 2.13. The van der Waals surface area contributed by atoms with Crippen molar-refractivity contribution in [3.8, 4) is 0 Å². The van der Waals surface area contributed by atoms with Crippen molar-refractivity contribution in [2.24, 2.45) is 0 Å². The molecule has 0 fully saturated rings. The summed E-state index contributed by atoms with van der Waals surface area (Å²) in [4.78, 5) is 36.5. The maximum absolute atomic E-state index is 12.6. The van der Waals surface area contributed by atoms with Gasteiger partial charge >= 0.3 is 11.9 Å². The maximum Gasteiger partial charge on any atom is 0.306 e. The second-order valence-electron chi connectivity index (χ2n) is 13.8. The van der Waals surface area contributed by atoms with Crippen molar-refractivity contribution in [1.29, 1.82) is 0 Å². The molecule has 0 spiro atoms. The van der Waals surface area contributed by atoms with Crippen LogP contribution in [-0.4, -0.2) is 75.5 Å². The Balaban J connectivity index is 4.52. The van der Waals surface area contributed by atoms with Crippen LogP contribution in [0.25, 0.3) is 0 Å². The third-order valence-electron chi connectivity index (χ3n) is 8.35. The van der Waals surface area contributed by atoms with Crippen LogP contribution in [0.3, 0.4) is 0 Å². The summed E-state index contributed by atoms with van der Waals surface area (Å²) in [5.74, 6) is -1.82. The zero-order valence-electron chi connectivity index (χ0n) is 30.9. The SMILES string of the molecule is CCCCCCCC/C=C/C/C=C/CCC(=O)OC(COCCC(C(=O)[O-])[N+](C)(C)C)COC(=O)CCCCCCCCCCCC. The molecule has 0 aromatic carbocycles. The van der Waals surface area contributed by atoms with Gasteiger partial charge in [-0.15, -0.1) is 0 Å². The molecule has 0 N–H and O–H groups in total. The minimum absolute atomic E-state index is 0.0213. The summed E-state index contributed by atoms with van der Waals surface area (Å²) >= 11 is 0. The average molecular weight is 666 g/mol. The number of carboxylic acid groups (broad SMARTS) is 1. The Morgan fingerprint density at radius 2 is 1.17 bits per heavy atom. The minimum Gasteiger partial charge on any atom is -0.544 e. The van der Waals surface area contributed by atoms with E-state index in [4.69, 9.17) is 14.2 Å². The Kier molecular flexibility index (Phi) is 29.7. The van der Waals surface area contributed by atoms with E-state index in [2.05, 4.69) is 32.1 Å². The second-order valence-corrected chi connectivity index (χ2v) is 13.8. The van der Waals surface area contributed by atoms with E-state index in [0.29, 0.717) is 12.8 Å². The standard InChI is InChI=1S/C39H71NO7/c1-6-8-10-12-14-16-18-19-20-22-24-26-28-30-38(42)47-35(33-45-32-31-36(39(43)44)40(3,4)5)34-46-37(41)29-27-25-23-21-17-15-13-11-9-7-2/h19-20,24,26,35-36H,6-18,21-23,25,27-34H2,1-5H3/b20-19+,26-24+. The normalized spacial score (nSPS) is 13.3. The smallest absolute Gasteiger partial charge is 0.306 e. The van der Waals surface area contributed by atoms with Crippen LogP contribution in [0.4, 0.5) is 0 Å². The number of carbonyl (C=O) groups is 3. The lowest BCUT2D eigenvalue weighted by atomic mass is 10.1. The van der Waals surface area contributed by atoms with Crippen LogP contribution in [0.15, 0.2) is 24.3 Å². The summed E-state index contributed by atoms with van der Waals surface area (Å²) in [6, 6.07) is -0.730. The number of hydrogen-bond donors (Lipinski definition) is 0. The molecule has 2 atom stereocenters. The Morgan fingerprint density at radius 1 is 0.638 bits per heavy atom. The van der Waals surface area contributed by atoms with Crippen molar-refractivity contribution in [2.75, 3.05) is 41.0 Å². The monoisotopic (exact) mass is 666 g/mol. The summed E-state index contributed by atoms with van der Waals surface area (Å²) in [5, 5.41) is 11.6. The van der Waals surface area contributed by atoms with Gasteiger partial charge in [0.25, 0.3) is 0 Å². The van der Waals surface area contributed by atoms with Gasteiger partial charge in [-0.1, -0.05) is 128 Å². The van der Waals surface area contributed by atoms with E-state index in [1.807, 2.05) is 6.08 Å². The van der Waals surface area contributed by atoms with Gasteiger partial charge < -0.3 is 28.6 Å². The predicted octanol–water partition coefficient (Wildman–Crippen LogP) is 8.02. The second kappa shape index (κ2) is 31.1. The van der Waals surface area contributed by atoms with Crippen LogP contribution >= 0.6 is 0 Å². The highest BCUT2D eigenvalue weighted by molar-refractivity contribution is 5.70. The Labute approximate surface area is 288 Å². The molecule has 0 radical (unpaired) electrons. The van der Waals surface area contributed by atoms with Crippen LogP contribution in [0.2, 0.25) is 0 Å². The van der Waals surface area contributed by atoms with Crippen molar-refractivity contribution in [3.05, 3.63) is 24.3 Å². The Bertz CT molecular complexity index is 834. The molecule has 0 heterocycles. The van der Waals surface area contributed by atoms with Gasteiger partial charge in [-0.05, 0) is 32.1 Å². The highest BCUT2D eigenvalue weighted by atomic mass is 16.6. The molecule has 8 heteroatoms. The molecule has 0 aliphatic rings.